The lowest BCUT2D eigenvalue weighted by atomic mass is 9.85. The third-order valence-corrected chi connectivity index (χ3v) is 13.3. The molecule has 3 aromatic carbocycles. The Morgan fingerprint density at radius 3 is 2.30 bits per heavy atom. The van der Waals surface area contributed by atoms with Gasteiger partial charge in [-0.3, -0.25) is 24.1 Å². The van der Waals surface area contributed by atoms with Gasteiger partial charge in [0.25, 0.3) is 5.91 Å². The normalized spacial score (nSPS) is 16.4. The topological polar surface area (TPSA) is 166 Å². The Kier molecular flexibility index (Phi) is 17.4. The van der Waals surface area contributed by atoms with Crippen molar-refractivity contribution in [2.24, 2.45) is 5.41 Å². The van der Waals surface area contributed by atoms with Crippen molar-refractivity contribution in [1.29, 1.82) is 5.26 Å². The van der Waals surface area contributed by atoms with Crippen molar-refractivity contribution in [2.75, 3.05) is 49.4 Å². The first-order valence-electron chi connectivity index (χ1n) is 22.9. The number of unbranched alkanes of at least 4 members (excludes halogenated alkanes) is 1. The van der Waals surface area contributed by atoms with E-state index in [1.807, 2.05) is 57.5 Å². The Bertz CT molecular complexity index is 2590. The number of thiazole rings is 1. The summed E-state index contributed by atoms with van der Waals surface area (Å²) < 4.78 is 73.3. The van der Waals surface area contributed by atoms with E-state index in [2.05, 4.69) is 15.6 Å². The number of hydrogen-bond acceptors (Lipinski definition) is 11. The van der Waals surface area contributed by atoms with Crippen LogP contribution < -0.4 is 25.2 Å². The van der Waals surface area contributed by atoms with Crippen LogP contribution in [-0.4, -0.2) is 95.8 Å². The number of anilines is 2. The number of nitriles is 1. The third-order valence-electron chi connectivity index (χ3n) is 12.0. The van der Waals surface area contributed by atoms with Gasteiger partial charge in [0.15, 0.2) is 16.7 Å². The molecule has 2 N–H and O–H groups in total. The average Bonchev–Trinajstić information content (AvgIpc) is 4.02. The number of carbonyl (C=O) groups is 4. The van der Waals surface area contributed by atoms with E-state index < -0.39 is 58.0 Å². The van der Waals surface area contributed by atoms with Crippen LogP contribution in [0.25, 0.3) is 10.4 Å². The molecule has 1 aromatic heterocycles. The van der Waals surface area contributed by atoms with Crippen molar-refractivity contribution < 1.29 is 51.0 Å². The zero-order chi connectivity index (χ0) is 51.0. The summed E-state index contributed by atoms with van der Waals surface area (Å²) in [5, 5.41) is 14.9. The van der Waals surface area contributed by atoms with Crippen LogP contribution in [0.5, 0.6) is 5.75 Å². The fourth-order valence-electron chi connectivity index (χ4n) is 8.20. The minimum absolute atomic E-state index is 0.0594. The van der Waals surface area contributed by atoms with Crippen LogP contribution in [-0.2, 0) is 41.4 Å². The largest absolute Gasteiger partial charge is 0.490 e. The van der Waals surface area contributed by atoms with Crippen molar-refractivity contribution in [2.45, 2.75) is 104 Å². The van der Waals surface area contributed by atoms with Gasteiger partial charge in [0.05, 0.1) is 45.6 Å². The SMILES string of the molecule is Cc1ncsc1-c1ccc(CNC(=O)[C@@H]2CCCN2C(=O)C(NC(=O)COCCCCOCCCOc2ccc(N3C(=S)N(c4ccc(C#N)c(C(F)(F)F)c4)C(=O)C3(C)C)cc2F)C(C)(C)C)cc1. The lowest BCUT2D eigenvalue weighted by Crippen LogP contribution is -2.58. The van der Waals surface area contributed by atoms with Crippen molar-refractivity contribution in [3.63, 3.8) is 0 Å². The standard InChI is InChI=1S/C50H57F4N7O7S2/c1-31-42(70-30-57-31)33-14-12-32(13-15-33)28-56-44(63)39-11-9-20-59(39)45(64)43(48(2,3)4)58-41(62)29-67-22-8-7-21-66-23-10-24-68-40-19-18-36(26-38(40)51)61-47(69)60(46(65)49(61,5)6)35-17-16-34(27-55)37(25-35)50(52,53)54/h12-19,25-26,30,39,43H,7-11,20-24,28-29H2,1-6H3,(H,56,63)(H,58,62)/t39-,43?/m0/s1. The molecule has 1 unspecified atom stereocenters. The highest BCUT2D eigenvalue weighted by Gasteiger charge is 2.51. The van der Waals surface area contributed by atoms with Crippen molar-refractivity contribution in [3.8, 4) is 22.3 Å². The number of carbonyl (C=O) groups excluding carboxylic acids is 4. The Hall–Kier alpha value is -6.01. The summed E-state index contributed by atoms with van der Waals surface area (Å²) in [4.78, 5) is 63.1. The minimum atomic E-state index is -4.85. The van der Waals surface area contributed by atoms with Gasteiger partial charge in [0.1, 0.15) is 24.2 Å². The number of rotatable bonds is 20. The number of alkyl halides is 3. The molecule has 14 nitrogen and oxygen atoms in total. The number of aryl methyl sites for hydroxylation is 1. The molecule has 0 spiro atoms. The number of nitrogens with one attached hydrogen (secondary N) is 2. The highest BCUT2D eigenvalue weighted by Crippen LogP contribution is 2.40. The number of benzene rings is 3. The molecular formula is C50H57F4N7O7S2. The van der Waals surface area contributed by atoms with E-state index in [1.165, 1.54) is 43.0 Å². The summed E-state index contributed by atoms with van der Waals surface area (Å²) in [6.07, 6.45) is -1.97. The molecule has 0 aliphatic carbocycles. The molecule has 0 bridgehead atoms. The van der Waals surface area contributed by atoms with Gasteiger partial charge < -0.3 is 34.6 Å². The van der Waals surface area contributed by atoms with Crippen LogP contribution in [0.4, 0.5) is 28.9 Å². The average molecular weight is 1010 g/mol. The quantitative estimate of drug-likeness (QED) is 0.0496. The number of nitrogens with zero attached hydrogens (tertiary/aromatic N) is 5. The van der Waals surface area contributed by atoms with E-state index in [1.54, 1.807) is 16.2 Å². The number of halogens is 4. The highest BCUT2D eigenvalue weighted by molar-refractivity contribution is 7.81. The molecule has 2 aliphatic heterocycles. The summed E-state index contributed by atoms with van der Waals surface area (Å²) in [7, 11) is 0. The molecule has 2 saturated heterocycles. The molecule has 3 heterocycles. The summed E-state index contributed by atoms with van der Waals surface area (Å²) in [6, 6.07) is 14.8. The summed E-state index contributed by atoms with van der Waals surface area (Å²) in [5.74, 6) is -2.43. The first kappa shape index (κ1) is 53.3. The summed E-state index contributed by atoms with van der Waals surface area (Å²) in [5.41, 5.74) is 0.930. The molecule has 20 heteroatoms. The minimum Gasteiger partial charge on any atom is -0.490 e. The third kappa shape index (κ3) is 12.7. The Morgan fingerprint density at radius 2 is 1.66 bits per heavy atom. The second kappa shape index (κ2) is 22.8. The first-order chi connectivity index (χ1) is 33.1. The van der Waals surface area contributed by atoms with Gasteiger partial charge in [-0.05, 0) is 106 Å². The van der Waals surface area contributed by atoms with Crippen molar-refractivity contribution in [1.82, 2.24) is 20.5 Å². The number of likely N-dealkylation sites (tertiary alicyclic amines) is 1. The predicted molar refractivity (Wildman–Crippen MR) is 260 cm³/mol. The molecule has 70 heavy (non-hydrogen) atoms. The van der Waals surface area contributed by atoms with Crippen molar-refractivity contribution >= 4 is 63.7 Å². The fraction of sp³-hybridized carbons (Fsp3) is 0.460. The molecule has 374 valence electrons. The van der Waals surface area contributed by atoms with E-state index >= 15 is 4.39 Å². The second-order valence-corrected chi connectivity index (χ2v) is 19.8. The lowest BCUT2D eigenvalue weighted by Gasteiger charge is -2.35. The van der Waals surface area contributed by atoms with Gasteiger partial charge in [0, 0.05) is 51.1 Å². The molecule has 4 aromatic rings. The van der Waals surface area contributed by atoms with E-state index in [9.17, 15) is 37.6 Å². The molecule has 2 fully saturated rings. The molecule has 2 aliphatic rings. The Labute approximate surface area is 414 Å². The molecule has 0 saturated carbocycles. The molecule has 4 amide bonds. The predicted octanol–water partition coefficient (Wildman–Crippen LogP) is 8.49. The van der Waals surface area contributed by atoms with Gasteiger partial charge in [-0.2, -0.15) is 18.4 Å². The summed E-state index contributed by atoms with van der Waals surface area (Å²) >= 11 is 7.12. The smallest absolute Gasteiger partial charge is 0.417 e. The highest BCUT2D eigenvalue weighted by atomic mass is 32.1. The van der Waals surface area contributed by atoms with E-state index in [0.717, 1.165) is 38.7 Å². The van der Waals surface area contributed by atoms with Gasteiger partial charge in [-0.25, -0.2) is 9.37 Å². The van der Waals surface area contributed by atoms with Crippen LogP contribution in [0.1, 0.15) is 89.1 Å². The first-order valence-corrected chi connectivity index (χ1v) is 24.2. The number of aromatic nitrogens is 1. The summed E-state index contributed by atoms with van der Waals surface area (Å²) in [6.45, 7) is 12.2. The fourth-order valence-corrected chi connectivity index (χ4v) is 9.54. The monoisotopic (exact) mass is 1010 g/mol. The maximum Gasteiger partial charge on any atom is 0.417 e. The molecule has 6 rings (SSSR count). The van der Waals surface area contributed by atoms with Gasteiger partial charge in [0.2, 0.25) is 17.7 Å². The zero-order valence-electron chi connectivity index (χ0n) is 39.9. The zero-order valence-corrected chi connectivity index (χ0v) is 41.5. The van der Waals surface area contributed by atoms with Crippen LogP contribution in [0, 0.1) is 29.5 Å². The van der Waals surface area contributed by atoms with Gasteiger partial charge >= 0.3 is 6.18 Å². The second-order valence-electron chi connectivity index (χ2n) is 18.6. The van der Waals surface area contributed by atoms with Crippen molar-refractivity contribution in [3.05, 3.63) is 94.4 Å². The number of hydrogen-bond donors (Lipinski definition) is 2. The number of thiocarbonyl (C=S) groups is 1. The number of ether oxygens (including phenoxy) is 3. The Morgan fingerprint density at radius 1 is 0.971 bits per heavy atom. The van der Waals surface area contributed by atoms with Crippen LogP contribution in [0.15, 0.2) is 66.2 Å². The lowest BCUT2D eigenvalue weighted by molar-refractivity contribution is -0.144. The molecule has 0 radical (unpaired) electrons. The maximum absolute atomic E-state index is 15.3. The van der Waals surface area contributed by atoms with Crippen LogP contribution >= 0.6 is 23.6 Å². The van der Waals surface area contributed by atoms with E-state index in [4.69, 9.17) is 26.4 Å². The number of amides is 4. The van der Waals surface area contributed by atoms with E-state index in [0.29, 0.717) is 64.5 Å². The van der Waals surface area contributed by atoms with Crippen LogP contribution in [0.2, 0.25) is 0 Å². The Balaban J connectivity index is 0.870. The van der Waals surface area contributed by atoms with Gasteiger partial charge in [-0.15, -0.1) is 11.3 Å². The molecule has 2 atom stereocenters. The van der Waals surface area contributed by atoms with Crippen LogP contribution in [0.3, 0.4) is 0 Å². The van der Waals surface area contributed by atoms with Gasteiger partial charge in [-0.1, -0.05) is 45.0 Å². The van der Waals surface area contributed by atoms with E-state index in [-0.39, 0.29) is 53.9 Å². The maximum atomic E-state index is 15.3. The molecular weight excluding hydrogens is 951 g/mol.